The minimum Gasteiger partial charge on any atom is -0.493 e. The Kier molecular flexibility index (Phi) is 7.24. The van der Waals surface area contributed by atoms with Gasteiger partial charge in [0.1, 0.15) is 5.02 Å². The van der Waals surface area contributed by atoms with Crippen LogP contribution in [-0.2, 0) is 13.3 Å². The van der Waals surface area contributed by atoms with Crippen LogP contribution in [0.3, 0.4) is 0 Å². The number of amides is 1. The van der Waals surface area contributed by atoms with Crippen molar-refractivity contribution in [2.24, 2.45) is 0 Å². The van der Waals surface area contributed by atoms with Crippen LogP contribution < -0.4 is 19.5 Å². The monoisotopic (exact) mass is 501 g/mol. The van der Waals surface area contributed by atoms with Crippen molar-refractivity contribution in [3.8, 4) is 17.2 Å². The third-order valence-electron chi connectivity index (χ3n) is 4.80. The van der Waals surface area contributed by atoms with Crippen molar-refractivity contribution >= 4 is 34.9 Å². The summed E-state index contributed by atoms with van der Waals surface area (Å²) in [6.07, 6.45) is 3.26. The number of aromatic nitrogens is 4. The average Bonchev–Trinajstić information content (AvgIpc) is 3.45. The lowest BCUT2D eigenvalue weighted by Crippen LogP contribution is -2.15. The summed E-state index contributed by atoms with van der Waals surface area (Å²) in [6.45, 7) is 0.519. The summed E-state index contributed by atoms with van der Waals surface area (Å²) in [7, 11) is 3.08. The molecule has 0 atom stereocenters. The lowest BCUT2D eigenvalue weighted by atomic mass is 10.2. The van der Waals surface area contributed by atoms with E-state index in [-0.39, 0.29) is 18.2 Å². The Hall–Kier alpha value is -3.69. The van der Waals surface area contributed by atoms with Crippen LogP contribution in [-0.4, -0.2) is 39.7 Å². The molecule has 9 nitrogen and oxygen atoms in total. The maximum absolute atomic E-state index is 12.7. The number of carbonyl (C=O) groups excluding carboxylic acids is 1. The van der Waals surface area contributed by atoms with E-state index in [0.29, 0.717) is 33.8 Å². The van der Waals surface area contributed by atoms with E-state index in [1.165, 1.54) is 4.68 Å². The molecule has 2 heterocycles. The molecule has 0 radical (unpaired) electrons. The minimum atomic E-state index is -0.452. The van der Waals surface area contributed by atoms with Gasteiger partial charge < -0.3 is 19.5 Å². The van der Waals surface area contributed by atoms with Gasteiger partial charge in [-0.1, -0.05) is 41.4 Å². The van der Waals surface area contributed by atoms with Crippen LogP contribution in [0.2, 0.25) is 10.0 Å². The molecule has 0 aliphatic heterocycles. The molecule has 11 heteroatoms. The van der Waals surface area contributed by atoms with Crippen LogP contribution in [0.15, 0.2) is 60.9 Å². The van der Waals surface area contributed by atoms with Gasteiger partial charge in [0.15, 0.2) is 29.7 Å². The lowest BCUT2D eigenvalue weighted by molar-refractivity contribution is 0.101. The van der Waals surface area contributed by atoms with Crippen molar-refractivity contribution in [1.82, 2.24) is 19.6 Å². The van der Waals surface area contributed by atoms with Crippen LogP contribution in [0.4, 0.5) is 5.82 Å². The molecule has 0 fully saturated rings. The molecule has 0 saturated carbocycles. The molecule has 1 N–H and O–H groups in total. The van der Waals surface area contributed by atoms with Gasteiger partial charge in [0, 0.05) is 17.4 Å². The highest BCUT2D eigenvalue weighted by atomic mass is 35.5. The van der Waals surface area contributed by atoms with Gasteiger partial charge in [0.2, 0.25) is 5.75 Å². The maximum atomic E-state index is 12.7. The molecule has 0 spiro atoms. The molecule has 0 bridgehead atoms. The summed E-state index contributed by atoms with van der Waals surface area (Å²) >= 11 is 12.2. The van der Waals surface area contributed by atoms with Gasteiger partial charge in [-0.05, 0) is 35.9 Å². The molecule has 0 aliphatic carbocycles. The Bertz CT molecular complexity index is 1260. The Morgan fingerprint density at radius 1 is 0.971 bits per heavy atom. The number of rotatable bonds is 9. The topological polar surface area (TPSA) is 92.4 Å². The summed E-state index contributed by atoms with van der Waals surface area (Å²) in [5.74, 6) is 1.27. The number of halogens is 2. The standard InChI is InChI=1S/C23H21Cl2N5O4/c1-32-19-4-3-5-20(33-2)21(19)34-14-29-11-10-18(27-29)23(31)26-22-17(25)13-30(28-22)12-15-6-8-16(24)9-7-15/h3-11,13H,12,14H2,1-2H3,(H,26,28,31). The van der Waals surface area contributed by atoms with Gasteiger partial charge in [-0.25, -0.2) is 4.68 Å². The summed E-state index contributed by atoms with van der Waals surface area (Å²) < 4.78 is 19.5. The van der Waals surface area contributed by atoms with Crippen LogP contribution >= 0.6 is 23.2 Å². The zero-order chi connectivity index (χ0) is 24.1. The molecular weight excluding hydrogens is 481 g/mol. The van der Waals surface area contributed by atoms with E-state index >= 15 is 0 Å². The number of ether oxygens (including phenoxy) is 3. The number of para-hydroxylation sites is 1. The van der Waals surface area contributed by atoms with Gasteiger partial charge in [0.05, 0.1) is 20.8 Å². The van der Waals surface area contributed by atoms with Crippen LogP contribution in [0.5, 0.6) is 17.2 Å². The van der Waals surface area contributed by atoms with E-state index in [9.17, 15) is 4.79 Å². The molecule has 1 amide bonds. The quantitative estimate of drug-likeness (QED) is 0.356. The third-order valence-corrected chi connectivity index (χ3v) is 5.33. The second kappa shape index (κ2) is 10.5. The van der Waals surface area contributed by atoms with E-state index < -0.39 is 5.91 Å². The first-order chi connectivity index (χ1) is 16.5. The number of nitrogens with zero attached hydrogens (tertiary/aromatic N) is 4. The Morgan fingerprint density at radius 3 is 2.35 bits per heavy atom. The van der Waals surface area contributed by atoms with Crippen LogP contribution in [0.25, 0.3) is 0 Å². The summed E-state index contributed by atoms with van der Waals surface area (Å²) in [5.41, 5.74) is 1.17. The fourth-order valence-corrected chi connectivity index (χ4v) is 3.48. The van der Waals surface area contributed by atoms with Crippen molar-refractivity contribution in [3.63, 3.8) is 0 Å². The molecule has 0 unspecified atom stereocenters. The highest BCUT2D eigenvalue weighted by Crippen LogP contribution is 2.36. The third kappa shape index (κ3) is 5.44. The molecular formula is C23H21Cl2N5O4. The van der Waals surface area contributed by atoms with Gasteiger partial charge >= 0.3 is 0 Å². The van der Waals surface area contributed by atoms with Gasteiger partial charge in [-0.3, -0.25) is 9.48 Å². The zero-order valence-corrected chi connectivity index (χ0v) is 19.9. The van der Waals surface area contributed by atoms with Crippen LogP contribution in [0, 0.1) is 0 Å². The number of nitrogens with one attached hydrogen (secondary N) is 1. The second-order valence-corrected chi connectivity index (χ2v) is 7.95. The molecule has 0 saturated heterocycles. The van der Waals surface area contributed by atoms with Crippen molar-refractivity contribution in [2.75, 3.05) is 19.5 Å². The van der Waals surface area contributed by atoms with Crippen molar-refractivity contribution < 1.29 is 19.0 Å². The van der Waals surface area contributed by atoms with E-state index in [4.69, 9.17) is 37.4 Å². The average molecular weight is 502 g/mol. The molecule has 4 rings (SSSR count). The fraction of sp³-hybridized carbons (Fsp3) is 0.174. The number of anilines is 1. The van der Waals surface area contributed by atoms with E-state index in [1.54, 1.807) is 67.7 Å². The van der Waals surface area contributed by atoms with E-state index in [1.807, 2.05) is 12.1 Å². The zero-order valence-electron chi connectivity index (χ0n) is 18.4. The predicted molar refractivity (Wildman–Crippen MR) is 128 cm³/mol. The smallest absolute Gasteiger partial charge is 0.277 e. The van der Waals surface area contributed by atoms with Crippen molar-refractivity contribution in [3.05, 3.63) is 82.2 Å². The first-order valence-electron chi connectivity index (χ1n) is 10.1. The lowest BCUT2D eigenvalue weighted by Gasteiger charge is -2.13. The van der Waals surface area contributed by atoms with Gasteiger partial charge in [-0.2, -0.15) is 10.2 Å². The Balaban J connectivity index is 1.39. The van der Waals surface area contributed by atoms with E-state index in [0.717, 1.165) is 5.56 Å². The van der Waals surface area contributed by atoms with Gasteiger partial charge in [0.25, 0.3) is 5.91 Å². The number of hydrogen-bond donors (Lipinski definition) is 1. The summed E-state index contributed by atoms with van der Waals surface area (Å²) in [5, 5.41) is 12.3. The number of benzene rings is 2. The molecule has 4 aromatic rings. The molecule has 176 valence electrons. The summed E-state index contributed by atoms with van der Waals surface area (Å²) in [6, 6.07) is 14.3. The predicted octanol–water partition coefficient (Wildman–Crippen LogP) is 4.74. The molecule has 34 heavy (non-hydrogen) atoms. The SMILES string of the molecule is COc1cccc(OC)c1OCn1ccc(C(=O)Nc2nn(Cc3ccc(Cl)cc3)cc2Cl)n1. The van der Waals surface area contributed by atoms with E-state index in [2.05, 4.69) is 15.5 Å². The number of methoxy groups -OCH3 is 2. The van der Waals surface area contributed by atoms with Crippen LogP contribution in [0.1, 0.15) is 16.1 Å². The second-order valence-electron chi connectivity index (χ2n) is 7.11. The Labute approximate surface area is 205 Å². The van der Waals surface area contributed by atoms with Crippen molar-refractivity contribution in [2.45, 2.75) is 13.3 Å². The normalized spacial score (nSPS) is 10.7. The highest BCUT2D eigenvalue weighted by molar-refractivity contribution is 6.33. The molecule has 2 aromatic carbocycles. The maximum Gasteiger partial charge on any atom is 0.277 e. The minimum absolute atomic E-state index is 0.0422. The largest absolute Gasteiger partial charge is 0.493 e. The highest BCUT2D eigenvalue weighted by Gasteiger charge is 2.16. The number of hydrogen-bond acceptors (Lipinski definition) is 6. The fourth-order valence-electron chi connectivity index (χ4n) is 3.16. The first-order valence-corrected chi connectivity index (χ1v) is 10.9. The van der Waals surface area contributed by atoms with Gasteiger partial charge in [-0.15, -0.1) is 0 Å². The van der Waals surface area contributed by atoms with Crippen molar-refractivity contribution in [1.29, 1.82) is 0 Å². The Morgan fingerprint density at radius 2 is 1.68 bits per heavy atom. The number of carbonyl (C=O) groups is 1. The molecule has 2 aromatic heterocycles. The first kappa shape index (κ1) is 23.5. The summed E-state index contributed by atoms with van der Waals surface area (Å²) in [4.78, 5) is 12.7. The molecule has 0 aliphatic rings.